The van der Waals surface area contributed by atoms with Crippen LogP contribution < -0.4 is 5.32 Å². The molecule has 0 spiro atoms. The van der Waals surface area contributed by atoms with Gasteiger partial charge in [0.2, 0.25) is 0 Å². The van der Waals surface area contributed by atoms with Gasteiger partial charge in [-0.25, -0.2) is 0 Å². The smallest absolute Gasteiger partial charge is 0.0483 e. The summed E-state index contributed by atoms with van der Waals surface area (Å²) in [5.41, 5.74) is 0. The molecule has 58 valence electrons. The summed E-state index contributed by atoms with van der Waals surface area (Å²) in [6, 6.07) is 1.55. The number of hydrogen-bond acceptors (Lipinski definition) is 2. The largest absolute Gasteiger partial charge is 0.300 e. The molecule has 0 aromatic carbocycles. The van der Waals surface area contributed by atoms with Crippen molar-refractivity contribution in [1.29, 1.82) is 0 Å². The number of likely N-dealkylation sites (N-methyl/N-ethyl adjacent to an activating group) is 1. The molecule has 2 unspecified atom stereocenters. The van der Waals surface area contributed by atoms with Gasteiger partial charge in [-0.3, -0.25) is 10.2 Å². The second-order valence-corrected chi connectivity index (χ2v) is 3.72. The third-order valence-electron chi connectivity index (χ3n) is 2.92. The molecule has 1 aliphatic heterocycles. The van der Waals surface area contributed by atoms with Crippen LogP contribution in [0.3, 0.4) is 0 Å². The van der Waals surface area contributed by atoms with Crippen LogP contribution in [0.5, 0.6) is 0 Å². The molecule has 0 bridgehead atoms. The van der Waals surface area contributed by atoms with Crippen LogP contribution in [0, 0.1) is 5.92 Å². The van der Waals surface area contributed by atoms with Crippen molar-refractivity contribution in [3.05, 3.63) is 0 Å². The first-order valence-corrected chi connectivity index (χ1v) is 4.22. The Morgan fingerprint density at radius 2 is 2.10 bits per heavy atom. The number of rotatable bonds is 1. The molecule has 0 aromatic heterocycles. The lowest BCUT2D eigenvalue weighted by Gasteiger charge is -2.18. The Hall–Kier alpha value is -0.0800. The van der Waals surface area contributed by atoms with Gasteiger partial charge in [-0.1, -0.05) is 0 Å². The van der Waals surface area contributed by atoms with E-state index in [1.54, 1.807) is 0 Å². The monoisotopic (exact) mass is 140 g/mol. The average Bonchev–Trinajstić information content (AvgIpc) is 2.67. The van der Waals surface area contributed by atoms with Crippen LogP contribution in [-0.4, -0.2) is 30.7 Å². The summed E-state index contributed by atoms with van der Waals surface area (Å²) in [6.45, 7) is 3.41. The van der Waals surface area contributed by atoms with Gasteiger partial charge in [0.15, 0.2) is 0 Å². The molecule has 2 aliphatic rings. The summed E-state index contributed by atoms with van der Waals surface area (Å²) in [5, 5.41) is 3.54. The zero-order valence-electron chi connectivity index (χ0n) is 6.80. The van der Waals surface area contributed by atoms with Crippen molar-refractivity contribution in [2.24, 2.45) is 5.92 Å². The Morgan fingerprint density at radius 3 is 2.50 bits per heavy atom. The summed E-state index contributed by atoms with van der Waals surface area (Å²) >= 11 is 0. The fourth-order valence-electron chi connectivity index (χ4n) is 1.85. The van der Waals surface area contributed by atoms with Gasteiger partial charge < -0.3 is 0 Å². The minimum atomic E-state index is 0.757. The summed E-state index contributed by atoms with van der Waals surface area (Å²) in [5.74, 6) is 1.000. The predicted molar refractivity (Wildman–Crippen MR) is 41.7 cm³/mol. The first-order chi connectivity index (χ1) is 4.79. The SMILES string of the molecule is CC1C(C2CC2)NCN1C. The second kappa shape index (κ2) is 2.21. The van der Waals surface area contributed by atoms with Crippen molar-refractivity contribution < 1.29 is 0 Å². The van der Waals surface area contributed by atoms with Gasteiger partial charge in [-0.2, -0.15) is 0 Å². The van der Waals surface area contributed by atoms with Crippen LogP contribution in [-0.2, 0) is 0 Å². The third-order valence-corrected chi connectivity index (χ3v) is 2.92. The van der Waals surface area contributed by atoms with E-state index in [1.165, 1.54) is 12.8 Å². The first-order valence-electron chi connectivity index (χ1n) is 4.22. The van der Waals surface area contributed by atoms with E-state index >= 15 is 0 Å². The molecular weight excluding hydrogens is 124 g/mol. The van der Waals surface area contributed by atoms with E-state index < -0.39 is 0 Å². The molecule has 0 radical (unpaired) electrons. The van der Waals surface area contributed by atoms with Crippen molar-refractivity contribution in [1.82, 2.24) is 10.2 Å². The molecule has 2 fully saturated rings. The maximum Gasteiger partial charge on any atom is 0.0483 e. The molecule has 2 heteroatoms. The zero-order valence-corrected chi connectivity index (χ0v) is 6.80. The average molecular weight is 140 g/mol. The fourth-order valence-corrected chi connectivity index (χ4v) is 1.85. The quantitative estimate of drug-likeness (QED) is 0.575. The van der Waals surface area contributed by atoms with Gasteiger partial charge in [0, 0.05) is 18.8 Å². The van der Waals surface area contributed by atoms with Crippen molar-refractivity contribution >= 4 is 0 Å². The molecule has 10 heavy (non-hydrogen) atoms. The van der Waals surface area contributed by atoms with Gasteiger partial charge in [-0.05, 0) is 32.7 Å². The van der Waals surface area contributed by atoms with Crippen LogP contribution in [0.1, 0.15) is 19.8 Å². The lowest BCUT2D eigenvalue weighted by Crippen LogP contribution is -2.33. The van der Waals surface area contributed by atoms with Gasteiger partial charge in [0.25, 0.3) is 0 Å². The highest BCUT2D eigenvalue weighted by atomic mass is 15.3. The Kier molecular flexibility index (Phi) is 1.46. The first kappa shape index (κ1) is 6.62. The Bertz CT molecular complexity index is 131. The number of hydrogen-bond donors (Lipinski definition) is 1. The van der Waals surface area contributed by atoms with Gasteiger partial charge in [-0.15, -0.1) is 0 Å². The lowest BCUT2D eigenvalue weighted by molar-refractivity contribution is 0.308. The van der Waals surface area contributed by atoms with Crippen molar-refractivity contribution in [3.63, 3.8) is 0 Å². The fraction of sp³-hybridized carbons (Fsp3) is 1.00. The van der Waals surface area contributed by atoms with Crippen molar-refractivity contribution in [3.8, 4) is 0 Å². The molecule has 0 amide bonds. The van der Waals surface area contributed by atoms with Gasteiger partial charge in [0.1, 0.15) is 0 Å². The molecule has 1 N–H and O–H groups in total. The van der Waals surface area contributed by atoms with E-state index in [2.05, 4.69) is 24.2 Å². The molecular formula is C8H16N2. The Labute approximate surface area is 62.6 Å². The molecule has 1 aliphatic carbocycles. The maximum absolute atomic E-state index is 3.54. The van der Waals surface area contributed by atoms with Crippen LogP contribution >= 0.6 is 0 Å². The van der Waals surface area contributed by atoms with E-state index in [9.17, 15) is 0 Å². The predicted octanol–water partition coefficient (Wildman–Crippen LogP) is 0.646. The minimum absolute atomic E-state index is 0.757. The van der Waals surface area contributed by atoms with Crippen LogP contribution in [0.25, 0.3) is 0 Å². The Morgan fingerprint density at radius 1 is 1.40 bits per heavy atom. The van der Waals surface area contributed by atoms with E-state index in [1.807, 2.05) is 0 Å². The summed E-state index contributed by atoms with van der Waals surface area (Å²) in [6.07, 6.45) is 2.91. The minimum Gasteiger partial charge on any atom is -0.300 e. The van der Waals surface area contributed by atoms with Crippen LogP contribution in [0.4, 0.5) is 0 Å². The molecule has 2 nitrogen and oxygen atoms in total. The van der Waals surface area contributed by atoms with E-state index in [0.29, 0.717) is 0 Å². The molecule has 1 heterocycles. The summed E-state index contributed by atoms with van der Waals surface area (Å²) in [4.78, 5) is 2.39. The summed E-state index contributed by atoms with van der Waals surface area (Å²) < 4.78 is 0. The van der Waals surface area contributed by atoms with Gasteiger partial charge in [0.05, 0.1) is 0 Å². The summed E-state index contributed by atoms with van der Waals surface area (Å²) in [7, 11) is 2.19. The molecule has 0 aromatic rings. The lowest BCUT2D eigenvalue weighted by atomic mass is 10.1. The normalized spacial score (nSPS) is 42.6. The van der Waals surface area contributed by atoms with E-state index in [4.69, 9.17) is 0 Å². The molecule has 2 rings (SSSR count). The topological polar surface area (TPSA) is 15.3 Å². The standard InChI is InChI=1S/C8H16N2/c1-6-8(7-3-4-7)9-5-10(6)2/h6-9H,3-5H2,1-2H3. The van der Waals surface area contributed by atoms with Gasteiger partial charge >= 0.3 is 0 Å². The third kappa shape index (κ3) is 0.956. The maximum atomic E-state index is 3.54. The molecule has 1 saturated heterocycles. The van der Waals surface area contributed by atoms with Crippen molar-refractivity contribution in [2.75, 3.05) is 13.7 Å². The number of nitrogens with one attached hydrogen (secondary N) is 1. The molecule has 2 atom stereocenters. The van der Waals surface area contributed by atoms with Crippen LogP contribution in [0.15, 0.2) is 0 Å². The van der Waals surface area contributed by atoms with E-state index in [-0.39, 0.29) is 0 Å². The molecule has 1 saturated carbocycles. The zero-order chi connectivity index (χ0) is 7.14. The van der Waals surface area contributed by atoms with Crippen molar-refractivity contribution in [2.45, 2.75) is 31.8 Å². The van der Waals surface area contributed by atoms with E-state index in [0.717, 1.165) is 24.7 Å². The highest BCUT2D eigenvalue weighted by Gasteiger charge is 2.39. The second-order valence-electron chi connectivity index (χ2n) is 3.72. The Balaban J connectivity index is 1.96. The highest BCUT2D eigenvalue weighted by molar-refractivity contribution is 4.96. The van der Waals surface area contributed by atoms with Crippen LogP contribution in [0.2, 0.25) is 0 Å². The number of nitrogens with zero attached hydrogens (tertiary/aromatic N) is 1. The highest BCUT2D eigenvalue weighted by Crippen LogP contribution is 2.36.